The quantitative estimate of drug-likeness (QED) is 0.656. The molecule has 0 spiro atoms. The number of aromatic amines is 1. The van der Waals surface area contributed by atoms with E-state index in [1.165, 1.54) is 22.5 Å². The summed E-state index contributed by atoms with van der Waals surface area (Å²) >= 11 is 0. The minimum atomic E-state index is 1.22. The van der Waals surface area contributed by atoms with Crippen molar-refractivity contribution in [2.24, 2.45) is 0 Å². The fraction of sp³-hybridized carbons (Fsp3) is 0.182. The van der Waals surface area contributed by atoms with Crippen LogP contribution in [0.25, 0.3) is 10.9 Å². The van der Waals surface area contributed by atoms with Crippen LogP contribution in [0.5, 0.6) is 0 Å². The SMILES string of the molecule is C[C](C)c1cc2ccccc2[nH]1. The van der Waals surface area contributed by atoms with Gasteiger partial charge in [0.1, 0.15) is 0 Å². The molecule has 0 aliphatic carbocycles. The molecule has 0 fully saturated rings. The Kier molecular flexibility index (Phi) is 1.65. The molecule has 0 aliphatic rings. The molecule has 1 heteroatoms. The molecule has 0 atom stereocenters. The Hall–Kier alpha value is -1.24. The summed E-state index contributed by atoms with van der Waals surface area (Å²) in [5, 5.41) is 1.29. The molecule has 0 bridgehead atoms. The molecule has 2 aromatic rings. The lowest BCUT2D eigenvalue weighted by Gasteiger charge is -1.96. The maximum Gasteiger partial charge on any atom is 0.0456 e. The van der Waals surface area contributed by atoms with Gasteiger partial charge in [-0.25, -0.2) is 0 Å². The van der Waals surface area contributed by atoms with Crippen LogP contribution in [0.2, 0.25) is 0 Å². The summed E-state index contributed by atoms with van der Waals surface area (Å²) in [4.78, 5) is 3.36. The molecule has 12 heavy (non-hydrogen) atoms. The van der Waals surface area contributed by atoms with Crippen LogP contribution in [0.1, 0.15) is 19.5 Å². The number of nitrogens with one attached hydrogen (secondary N) is 1. The Morgan fingerprint density at radius 1 is 1.17 bits per heavy atom. The van der Waals surface area contributed by atoms with E-state index in [9.17, 15) is 0 Å². The molecule has 1 aromatic heterocycles. The van der Waals surface area contributed by atoms with Crippen molar-refractivity contribution in [2.45, 2.75) is 13.8 Å². The average Bonchev–Trinajstić information content (AvgIpc) is 2.46. The third-order valence-corrected chi connectivity index (χ3v) is 2.07. The number of benzene rings is 1. The van der Waals surface area contributed by atoms with Crippen molar-refractivity contribution in [3.63, 3.8) is 0 Å². The summed E-state index contributed by atoms with van der Waals surface area (Å²) in [7, 11) is 0. The van der Waals surface area contributed by atoms with Gasteiger partial charge in [-0.1, -0.05) is 32.0 Å². The van der Waals surface area contributed by atoms with Crippen LogP contribution >= 0.6 is 0 Å². The molecule has 61 valence electrons. The topological polar surface area (TPSA) is 15.8 Å². The number of aromatic nitrogens is 1. The fourth-order valence-electron chi connectivity index (χ4n) is 1.34. The molecule has 1 N–H and O–H groups in total. The smallest absolute Gasteiger partial charge is 0.0456 e. The molecule has 0 aliphatic heterocycles. The van der Waals surface area contributed by atoms with E-state index in [0.717, 1.165) is 0 Å². The summed E-state index contributed by atoms with van der Waals surface area (Å²) < 4.78 is 0. The van der Waals surface area contributed by atoms with Gasteiger partial charge in [0.25, 0.3) is 0 Å². The van der Waals surface area contributed by atoms with Gasteiger partial charge < -0.3 is 4.98 Å². The van der Waals surface area contributed by atoms with Crippen molar-refractivity contribution < 1.29 is 0 Å². The van der Waals surface area contributed by atoms with Gasteiger partial charge in [-0.3, -0.25) is 0 Å². The van der Waals surface area contributed by atoms with Gasteiger partial charge in [0.05, 0.1) is 0 Å². The maximum atomic E-state index is 3.36. The zero-order valence-electron chi connectivity index (χ0n) is 7.39. The van der Waals surface area contributed by atoms with Crippen molar-refractivity contribution in [1.29, 1.82) is 0 Å². The minimum Gasteiger partial charge on any atom is -0.358 e. The number of rotatable bonds is 1. The van der Waals surface area contributed by atoms with Crippen molar-refractivity contribution >= 4 is 10.9 Å². The predicted octanol–water partition coefficient (Wildman–Crippen LogP) is 3.13. The van der Waals surface area contributed by atoms with E-state index >= 15 is 0 Å². The zero-order chi connectivity index (χ0) is 8.55. The molecule has 1 aromatic carbocycles. The van der Waals surface area contributed by atoms with Crippen LogP contribution in [0.15, 0.2) is 30.3 Å². The van der Waals surface area contributed by atoms with E-state index < -0.39 is 0 Å². The van der Waals surface area contributed by atoms with E-state index in [0.29, 0.717) is 0 Å². The van der Waals surface area contributed by atoms with E-state index in [1.807, 2.05) is 6.07 Å². The van der Waals surface area contributed by atoms with Crippen molar-refractivity contribution in [1.82, 2.24) is 4.98 Å². The van der Waals surface area contributed by atoms with Crippen LogP contribution in [-0.2, 0) is 0 Å². The Morgan fingerprint density at radius 2 is 1.92 bits per heavy atom. The highest BCUT2D eigenvalue weighted by Gasteiger charge is 2.02. The minimum absolute atomic E-state index is 1.22. The van der Waals surface area contributed by atoms with Crippen molar-refractivity contribution in [3.05, 3.63) is 41.9 Å². The van der Waals surface area contributed by atoms with Crippen LogP contribution in [-0.4, -0.2) is 4.98 Å². The van der Waals surface area contributed by atoms with E-state index in [4.69, 9.17) is 0 Å². The number of fused-ring (bicyclic) bond motifs is 1. The second-order valence-electron chi connectivity index (χ2n) is 3.27. The first-order valence-corrected chi connectivity index (χ1v) is 4.15. The standard InChI is InChI=1S/C11H12N/c1-8(2)11-7-9-5-3-4-6-10(9)12-11/h3-7,12H,1-2H3. The lowest BCUT2D eigenvalue weighted by molar-refractivity contribution is 1.09. The van der Waals surface area contributed by atoms with Gasteiger partial charge >= 0.3 is 0 Å². The maximum absolute atomic E-state index is 3.36. The Balaban J connectivity index is 2.62. The van der Waals surface area contributed by atoms with Gasteiger partial charge in [-0.2, -0.15) is 0 Å². The first-order valence-electron chi connectivity index (χ1n) is 4.15. The summed E-state index contributed by atoms with van der Waals surface area (Å²) in [6.07, 6.45) is 0. The van der Waals surface area contributed by atoms with Gasteiger partial charge in [-0.05, 0) is 17.5 Å². The van der Waals surface area contributed by atoms with Crippen molar-refractivity contribution in [2.75, 3.05) is 0 Å². The van der Waals surface area contributed by atoms with Crippen LogP contribution in [0, 0.1) is 5.92 Å². The molecular formula is C11H12N. The van der Waals surface area contributed by atoms with E-state index in [2.05, 4.69) is 43.1 Å². The monoisotopic (exact) mass is 158 g/mol. The number of hydrogen-bond acceptors (Lipinski definition) is 0. The number of para-hydroxylation sites is 1. The normalized spacial score (nSPS) is 11.2. The lowest BCUT2D eigenvalue weighted by Crippen LogP contribution is -1.85. The molecule has 0 amide bonds. The van der Waals surface area contributed by atoms with Crippen LogP contribution in [0.3, 0.4) is 0 Å². The summed E-state index contributed by atoms with van der Waals surface area (Å²) in [6, 6.07) is 10.5. The largest absolute Gasteiger partial charge is 0.358 e. The fourth-order valence-corrected chi connectivity index (χ4v) is 1.34. The summed E-state index contributed by atoms with van der Waals surface area (Å²) in [6.45, 7) is 4.23. The number of H-pyrrole nitrogens is 1. The van der Waals surface area contributed by atoms with Crippen LogP contribution < -0.4 is 0 Å². The zero-order valence-corrected chi connectivity index (χ0v) is 7.39. The van der Waals surface area contributed by atoms with E-state index in [-0.39, 0.29) is 0 Å². The highest BCUT2D eigenvalue weighted by atomic mass is 14.7. The lowest BCUT2D eigenvalue weighted by atomic mass is 10.1. The molecule has 1 heterocycles. The second kappa shape index (κ2) is 2.67. The van der Waals surface area contributed by atoms with Gasteiger partial charge in [0.15, 0.2) is 0 Å². The molecule has 2 rings (SSSR count). The average molecular weight is 158 g/mol. The summed E-state index contributed by atoms with van der Waals surface area (Å²) in [5.74, 6) is 1.33. The first kappa shape index (κ1) is 7.41. The van der Waals surface area contributed by atoms with Gasteiger partial charge in [-0.15, -0.1) is 0 Å². The molecule has 0 saturated carbocycles. The highest BCUT2D eigenvalue weighted by Crippen LogP contribution is 2.19. The predicted molar refractivity (Wildman–Crippen MR) is 52.0 cm³/mol. The van der Waals surface area contributed by atoms with Gasteiger partial charge in [0.2, 0.25) is 0 Å². The van der Waals surface area contributed by atoms with Crippen LogP contribution in [0.4, 0.5) is 0 Å². The second-order valence-corrected chi connectivity index (χ2v) is 3.27. The van der Waals surface area contributed by atoms with Crippen molar-refractivity contribution in [3.8, 4) is 0 Å². The molecule has 1 radical (unpaired) electrons. The Morgan fingerprint density at radius 3 is 2.58 bits per heavy atom. The third kappa shape index (κ3) is 1.11. The number of hydrogen-bond donors (Lipinski definition) is 1. The summed E-state index contributed by atoms with van der Waals surface area (Å²) in [5.41, 5.74) is 2.45. The molecular weight excluding hydrogens is 146 g/mol. The highest BCUT2D eigenvalue weighted by molar-refractivity contribution is 5.80. The molecule has 0 unspecified atom stereocenters. The Bertz CT molecular complexity index is 352. The first-order chi connectivity index (χ1) is 5.77. The molecule has 0 saturated heterocycles. The van der Waals surface area contributed by atoms with E-state index in [1.54, 1.807) is 0 Å². The third-order valence-electron chi connectivity index (χ3n) is 2.07. The van der Waals surface area contributed by atoms with Gasteiger partial charge in [0, 0.05) is 17.1 Å². The molecule has 1 nitrogen and oxygen atoms in total. The Labute approximate surface area is 72.4 Å².